The summed E-state index contributed by atoms with van der Waals surface area (Å²) < 4.78 is 22.8. The van der Waals surface area contributed by atoms with Gasteiger partial charge in [-0.05, 0) is 38.0 Å². The molecule has 40 heavy (non-hydrogen) atoms. The van der Waals surface area contributed by atoms with E-state index in [9.17, 15) is 19.8 Å². The Morgan fingerprint density at radius 1 is 1.05 bits per heavy atom. The zero-order valence-electron chi connectivity index (χ0n) is 24.5. The van der Waals surface area contributed by atoms with Gasteiger partial charge in [-0.25, -0.2) is 4.79 Å². The van der Waals surface area contributed by atoms with Gasteiger partial charge in [0.25, 0.3) is 5.91 Å². The van der Waals surface area contributed by atoms with E-state index in [1.807, 2.05) is 33.8 Å². The number of rotatable bonds is 4. The maximum Gasteiger partial charge on any atom is 0.405 e. The molecule has 5 atom stereocenters. The summed E-state index contributed by atoms with van der Waals surface area (Å²) in [7, 11) is 4.63. The number of carbonyl (C=O) groups is 2. The molecule has 2 bridgehead atoms. The van der Waals surface area contributed by atoms with Crippen molar-refractivity contribution < 1.29 is 38.7 Å². The van der Waals surface area contributed by atoms with Gasteiger partial charge in [0.05, 0.1) is 30.6 Å². The summed E-state index contributed by atoms with van der Waals surface area (Å²) >= 11 is 0. The number of nitrogens with one attached hydrogen (secondary N) is 1. The third kappa shape index (κ3) is 8.12. The number of aromatic hydroxyl groups is 2. The molecule has 5 N–H and O–H groups in total. The summed E-state index contributed by atoms with van der Waals surface area (Å²) in [5.74, 6) is -1.05. The average molecular weight is 559 g/mol. The third-order valence-corrected chi connectivity index (χ3v) is 6.96. The number of ether oxygens (including phenoxy) is 4. The molecule has 0 saturated carbocycles. The molecule has 0 spiro atoms. The van der Waals surface area contributed by atoms with Crippen LogP contribution in [0.4, 0.5) is 10.5 Å². The fraction of sp³-hybridized carbons (Fsp3) is 0.467. The van der Waals surface area contributed by atoms with Gasteiger partial charge in [-0.3, -0.25) is 4.79 Å². The molecule has 0 aliphatic carbocycles. The number of allylic oxidation sites excluding steroid dienone is 2. The van der Waals surface area contributed by atoms with Crippen LogP contribution in [0.15, 0.2) is 53.2 Å². The van der Waals surface area contributed by atoms with Gasteiger partial charge in [0.2, 0.25) is 0 Å². The lowest BCUT2D eigenvalue weighted by Gasteiger charge is -2.30. The number of hydrogen-bond donors (Lipinski definition) is 4. The van der Waals surface area contributed by atoms with Crippen molar-refractivity contribution in [1.29, 1.82) is 0 Å². The minimum atomic E-state index is -0.897. The first-order valence-corrected chi connectivity index (χ1v) is 13.0. The van der Waals surface area contributed by atoms with Crippen molar-refractivity contribution in [1.82, 2.24) is 0 Å². The highest BCUT2D eigenvalue weighted by atomic mass is 16.6. The zero-order valence-corrected chi connectivity index (χ0v) is 24.5. The Morgan fingerprint density at radius 2 is 1.73 bits per heavy atom. The number of amides is 2. The van der Waals surface area contributed by atoms with E-state index in [2.05, 4.69) is 5.32 Å². The van der Waals surface area contributed by atoms with Crippen LogP contribution in [0.25, 0.3) is 5.76 Å². The number of phenols is 2. The van der Waals surface area contributed by atoms with Crippen molar-refractivity contribution in [3.63, 3.8) is 0 Å². The van der Waals surface area contributed by atoms with Crippen LogP contribution in [-0.4, -0.2) is 61.9 Å². The van der Waals surface area contributed by atoms with Crippen molar-refractivity contribution >= 4 is 23.4 Å². The van der Waals surface area contributed by atoms with Crippen molar-refractivity contribution in [2.45, 2.75) is 59.4 Å². The van der Waals surface area contributed by atoms with E-state index in [4.69, 9.17) is 24.7 Å². The molecule has 1 aliphatic rings. The van der Waals surface area contributed by atoms with Crippen molar-refractivity contribution in [3.05, 3.63) is 58.7 Å². The van der Waals surface area contributed by atoms with Crippen LogP contribution < -0.4 is 11.1 Å². The van der Waals surface area contributed by atoms with Gasteiger partial charge >= 0.3 is 6.09 Å². The SMILES string of the molecule is COC1=C(C)C[C@H](OC)[C@H](OC)[C@@H](C)C=C(C)[C@H](OC(N)=O)[C@@H](C)C=CC=C(C)C(=O)Nc2cc(O)cc1c2O. The van der Waals surface area contributed by atoms with Crippen LogP contribution in [0.5, 0.6) is 11.5 Å². The molecule has 2 rings (SSSR count). The number of carbonyl (C=O) groups excluding carboxylic acids is 2. The Labute approximate surface area is 236 Å². The Balaban J connectivity index is 2.75. The second-order valence-electron chi connectivity index (χ2n) is 10.1. The predicted molar refractivity (Wildman–Crippen MR) is 154 cm³/mol. The molecule has 2 amide bonds. The quantitative estimate of drug-likeness (QED) is 0.228. The van der Waals surface area contributed by atoms with Crippen LogP contribution in [0.1, 0.15) is 46.6 Å². The average Bonchev–Trinajstić information content (AvgIpc) is 2.88. The number of nitrogens with two attached hydrogens (primary N) is 1. The Bertz CT molecular complexity index is 1200. The normalized spacial score (nSPS) is 25.1. The minimum Gasteiger partial charge on any atom is -0.508 e. The van der Waals surface area contributed by atoms with E-state index >= 15 is 0 Å². The minimum absolute atomic E-state index is 0.0202. The Hall–Kier alpha value is -3.76. The van der Waals surface area contributed by atoms with Gasteiger partial charge in [-0.1, -0.05) is 38.2 Å². The van der Waals surface area contributed by atoms with Crippen LogP contribution in [0, 0.1) is 11.8 Å². The topological polar surface area (TPSA) is 150 Å². The monoisotopic (exact) mass is 558 g/mol. The summed E-state index contributed by atoms with van der Waals surface area (Å²) in [6.45, 7) is 9.14. The van der Waals surface area contributed by atoms with Crippen LogP contribution in [0.3, 0.4) is 0 Å². The summed E-state index contributed by atoms with van der Waals surface area (Å²) in [5.41, 5.74) is 7.44. The molecule has 10 heteroatoms. The Kier molecular flexibility index (Phi) is 11.8. The highest BCUT2D eigenvalue weighted by Crippen LogP contribution is 2.39. The highest BCUT2D eigenvalue weighted by molar-refractivity contribution is 6.04. The molecular weight excluding hydrogens is 516 g/mol. The number of anilines is 1. The molecule has 0 unspecified atom stereocenters. The predicted octanol–water partition coefficient (Wildman–Crippen LogP) is 5.03. The third-order valence-electron chi connectivity index (χ3n) is 6.96. The summed E-state index contributed by atoms with van der Waals surface area (Å²) in [5, 5.41) is 24.1. The number of primary amides is 1. The van der Waals surface area contributed by atoms with Gasteiger partial charge in [-0.2, -0.15) is 0 Å². The molecule has 10 nitrogen and oxygen atoms in total. The van der Waals surface area contributed by atoms with Crippen molar-refractivity contribution in [3.8, 4) is 11.5 Å². The van der Waals surface area contributed by atoms with Crippen molar-refractivity contribution in [2.24, 2.45) is 17.6 Å². The van der Waals surface area contributed by atoms with E-state index in [0.29, 0.717) is 23.3 Å². The molecule has 0 fully saturated rings. The molecular formula is C30H42N2O8. The van der Waals surface area contributed by atoms with E-state index in [1.54, 1.807) is 39.4 Å². The number of phenolic OH excluding ortho intramolecular Hbond substituents is 2. The van der Waals surface area contributed by atoms with Crippen LogP contribution >= 0.6 is 0 Å². The first-order chi connectivity index (χ1) is 18.8. The van der Waals surface area contributed by atoms with E-state index in [0.717, 1.165) is 5.57 Å². The van der Waals surface area contributed by atoms with Gasteiger partial charge in [0, 0.05) is 44.1 Å². The van der Waals surface area contributed by atoms with Gasteiger partial charge < -0.3 is 40.2 Å². The fourth-order valence-electron chi connectivity index (χ4n) is 4.95. The number of benzene rings is 1. The lowest BCUT2D eigenvalue weighted by molar-refractivity contribution is -0.112. The molecule has 1 heterocycles. The zero-order chi connectivity index (χ0) is 30.1. The van der Waals surface area contributed by atoms with E-state index < -0.39 is 30.3 Å². The fourth-order valence-corrected chi connectivity index (χ4v) is 4.95. The maximum absolute atomic E-state index is 12.9. The smallest absolute Gasteiger partial charge is 0.405 e. The molecule has 1 aromatic rings. The molecule has 1 aromatic carbocycles. The van der Waals surface area contributed by atoms with Gasteiger partial charge in [-0.15, -0.1) is 0 Å². The second kappa shape index (κ2) is 14.6. The lowest BCUT2D eigenvalue weighted by atomic mass is 9.89. The van der Waals surface area contributed by atoms with Gasteiger partial charge in [0.15, 0.2) is 0 Å². The largest absolute Gasteiger partial charge is 0.508 e. The van der Waals surface area contributed by atoms with Crippen LogP contribution in [0.2, 0.25) is 0 Å². The van der Waals surface area contributed by atoms with Crippen LogP contribution in [-0.2, 0) is 23.7 Å². The molecule has 0 saturated heterocycles. The molecule has 0 radical (unpaired) electrons. The second-order valence-corrected chi connectivity index (χ2v) is 10.1. The summed E-state index contributed by atoms with van der Waals surface area (Å²) in [4.78, 5) is 24.6. The Morgan fingerprint density at radius 3 is 2.30 bits per heavy atom. The first-order valence-electron chi connectivity index (χ1n) is 13.0. The van der Waals surface area contributed by atoms with E-state index in [-0.39, 0.29) is 34.6 Å². The maximum atomic E-state index is 12.9. The number of fused-ring (bicyclic) bond motifs is 2. The lowest BCUT2D eigenvalue weighted by Crippen LogP contribution is -2.36. The standard InChI is InChI=1S/C30H42N2O8/c1-16-10-9-11-17(2)29(35)32-23-15-21(33)14-22(25(23)34)27(38-7)20(5)13-24(37-6)28(39-8)19(4)12-18(3)26(16)40-30(31)36/h9-12,14-16,19,24,26,28,33-34H,13H2,1-8H3,(H2,31,36)(H,32,35)/t16-,19-,24-,26+,28+/m0/s1. The first kappa shape index (κ1) is 32.5. The van der Waals surface area contributed by atoms with Gasteiger partial charge in [0.1, 0.15) is 23.4 Å². The van der Waals surface area contributed by atoms with E-state index in [1.165, 1.54) is 19.2 Å². The van der Waals surface area contributed by atoms with Crippen molar-refractivity contribution in [2.75, 3.05) is 26.6 Å². The number of hydrogen-bond acceptors (Lipinski definition) is 8. The molecule has 220 valence electrons. The number of methoxy groups -OCH3 is 3. The summed E-state index contributed by atoms with van der Waals surface area (Å²) in [6.07, 6.45) is 5.01. The summed E-state index contributed by atoms with van der Waals surface area (Å²) in [6, 6.07) is 2.62. The molecule has 1 aliphatic heterocycles. The molecule has 0 aromatic heterocycles. The highest BCUT2D eigenvalue weighted by Gasteiger charge is 2.30.